The SMILES string of the molecule is CC/C=C/C/C=C/C/C=C/C/C=C/C/C=C/CCCCCC(=O)OC[C@@H](COC(=O)CCCCCCC/C=C/C/C=C/C/C=C/CC)OC(=O)CCC/C=C/C/C=C/C/C=C/C/C=C/C/C=C/CC. The van der Waals surface area contributed by atoms with Crippen molar-refractivity contribution in [2.24, 2.45) is 0 Å². The van der Waals surface area contributed by atoms with Gasteiger partial charge in [-0.25, -0.2) is 0 Å². The van der Waals surface area contributed by atoms with E-state index in [0.717, 1.165) is 154 Å². The molecular weight excluding hydrogens is 853 g/mol. The van der Waals surface area contributed by atoms with Gasteiger partial charge in [-0.05, 0) is 135 Å². The summed E-state index contributed by atoms with van der Waals surface area (Å²) in [5, 5.41) is 0. The summed E-state index contributed by atoms with van der Waals surface area (Å²) < 4.78 is 16.7. The molecule has 1 atom stereocenters. The molecule has 0 aromatic heterocycles. The van der Waals surface area contributed by atoms with Crippen LogP contribution in [0.2, 0.25) is 0 Å². The Hall–Kier alpha value is -4.97. The van der Waals surface area contributed by atoms with Gasteiger partial charge in [0.05, 0.1) is 0 Å². The van der Waals surface area contributed by atoms with E-state index in [1.165, 1.54) is 0 Å². The first-order valence-corrected chi connectivity index (χ1v) is 27.0. The van der Waals surface area contributed by atoms with E-state index in [1.807, 2.05) is 0 Å². The van der Waals surface area contributed by atoms with Crippen molar-refractivity contribution in [1.29, 1.82) is 0 Å². The zero-order chi connectivity index (χ0) is 50.0. The van der Waals surface area contributed by atoms with Gasteiger partial charge < -0.3 is 14.2 Å². The van der Waals surface area contributed by atoms with Gasteiger partial charge in [0, 0.05) is 19.3 Å². The van der Waals surface area contributed by atoms with Crippen molar-refractivity contribution in [3.8, 4) is 0 Å². The van der Waals surface area contributed by atoms with E-state index >= 15 is 0 Å². The molecule has 0 heterocycles. The van der Waals surface area contributed by atoms with E-state index in [4.69, 9.17) is 14.2 Å². The van der Waals surface area contributed by atoms with Crippen molar-refractivity contribution in [3.63, 3.8) is 0 Å². The summed E-state index contributed by atoms with van der Waals surface area (Å²) in [5.41, 5.74) is 0. The van der Waals surface area contributed by atoms with Gasteiger partial charge >= 0.3 is 17.9 Å². The van der Waals surface area contributed by atoms with Crippen molar-refractivity contribution in [1.82, 2.24) is 0 Å². The maximum atomic E-state index is 12.8. The number of rotatable bonds is 46. The Bertz CT molecular complexity index is 1610. The van der Waals surface area contributed by atoms with E-state index in [2.05, 4.69) is 179 Å². The van der Waals surface area contributed by atoms with Crippen molar-refractivity contribution in [3.05, 3.63) is 158 Å². The maximum Gasteiger partial charge on any atom is 0.306 e. The normalized spacial score (nSPS) is 13.4. The van der Waals surface area contributed by atoms with Gasteiger partial charge in [0.25, 0.3) is 0 Å². The second kappa shape index (κ2) is 55.6. The molecule has 0 spiro atoms. The number of allylic oxidation sites excluding steroid dienone is 26. The first-order valence-electron chi connectivity index (χ1n) is 27.0. The predicted octanol–water partition coefficient (Wildman–Crippen LogP) is 18.2. The van der Waals surface area contributed by atoms with Gasteiger partial charge in [0.2, 0.25) is 0 Å². The highest BCUT2D eigenvalue weighted by Gasteiger charge is 2.19. The minimum absolute atomic E-state index is 0.128. The lowest BCUT2D eigenvalue weighted by molar-refractivity contribution is -0.167. The Morgan fingerprint density at radius 3 is 0.870 bits per heavy atom. The fourth-order valence-electron chi connectivity index (χ4n) is 6.58. The molecule has 0 aliphatic rings. The van der Waals surface area contributed by atoms with Crippen molar-refractivity contribution in [2.45, 2.75) is 207 Å². The van der Waals surface area contributed by atoms with Crippen LogP contribution >= 0.6 is 0 Å². The lowest BCUT2D eigenvalue weighted by Crippen LogP contribution is -2.30. The minimum Gasteiger partial charge on any atom is -0.462 e. The number of esters is 3. The Morgan fingerprint density at radius 2 is 0.536 bits per heavy atom. The topological polar surface area (TPSA) is 78.9 Å². The summed E-state index contributed by atoms with van der Waals surface area (Å²) >= 11 is 0. The maximum absolute atomic E-state index is 12.8. The minimum atomic E-state index is -0.837. The number of carbonyl (C=O) groups is 3. The molecule has 6 nitrogen and oxygen atoms in total. The number of hydrogen-bond acceptors (Lipinski definition) is 6. The first-order chi connectivity index (χ1) is 34.0. The van der Waals surface area contributed by atoms with Crippen LogP contribution in [-0.2, 0) is 28.6 Å². The summed E-state index contributed by atoms with van der Waals surface area (Å²) in [6.45, 7) is 6.18. The van der Waals surface area contributed by atoms with Gasteiger partial charge in [-0.1, -0.05) is 204 Å². The lowest BCUT2D eigenvalue weighted by Gasteiger charge is -2.18. The Morgan fingerprint density at radius 1 is 0.290 bits per heavy atom. The van der Waals surface area contributed by atoms with Crippen LogP contribution in [0.3, 0.4) is 0 Å². The van der Waals surface area contributed by atoms with Crippen LogP contribution in [0.1, 0.15) is 201 Å². The molecule has 6 heteroatoms. The van der Waals surface area contributed by atoms with Gasteiger partial charge in [0.1, 0.15) is 13.2 Å². The molecule has 0 fully saturated rings. The monoisotopic (exact) mass is 949 g/mol. The molecule has 0 radical (unpaired) electrons. The highest BCUT2D eigenvalue weighted by molar-refractivity contribution is 5.71. The van der Waals surface area contributed by atoms with Gasteiger partial charge in [-0.3, -0.25) is 14.4 Å². The molecule has 0 aromatic carbocycles. The van der Waals surface area contributed by atoms with Gasteiger partial charge in [-0.2, -0.15) is 0 Å². The molecule has 0 aliphatic carbocycles. The van der Waals surface area contributed by atoms with Crippen LogP contribution in [0.15, 0.2) is 158 Å². The van der Waals surface area contributed by atoms with Crippen molar-refractivity contribution >= 4 is 17.9 Å². The molecular formula is C63H96O6. The Kier molecular flexibility index (Phi) is 51.6. The quantitative estimate of drug-likeness (QED) is 0.0262. The third kappa shape index (κ3) is 53.8. The van der Waals surface area contributed by atoms with Crippen LogP contribution in [0.25, 0.3) is 0 Å². The fraction of sp³-hybridized carbons (Fsp3) is 0.540. The van der Waals surface area contributed by atoms with E-state index in [0.29, 0.717) is 19.3 Å². The average molecular weight is 949 g/mol. The third-order valence-corrected chi connectivity index (χ3v) is 10.5. The molecule has 0 unspecified atom stereocenters. The zero-order valence-corrected chi connectivity index (χ0v) is 43.8. The summed E-state index contributed by atoms with van der Waals surface area (Å²) in [7, 11) is 0. The Labute approximate surface area is 422 Å². The van der Waals surface area contributed by atoms with Crippen LogP contribution in [0, 0.1) is 0 Å². The van der Waals surface area contributed by atoms with E-state index in [1.54, 1.807) is 0 Å². The average Bonchev–Trinajstić information content (AvgIpc) is 3.35. The summed E-state index contributed by atoms with van der Waals surface area (Å²) in [4.78, 5) is 38.1. The smallest absolute Gasteiger partial charge is 0.306 e. The largest absolute Gasteiger partial charge is 0.462 e. The van der Waals surface area contributed by atoms with E-state index in [9.17, 15) is 14.4 Å². The number of carbonyl (C=O) groups excluding carboxylic acids is 3. The molecule has 0 aliphatic heterocycles. The molecule has 0 rings (SSSR count). The summed E-state index contributed by atoms with van der Waals surface area (Å²) in [6, 6.07) is 0. The standard InChI is InChI=1S/C63H96O6/c1-4-7-10-13-16-19-22-25-28-30-31-33-35-38-41-44-47-50-53-56-62(65)68-59-60(58-67-61(64)55-52-49-46-43-40-37-34-27-24-21-18-15-12-9-6-3)69-63(66)57-54-51-48-45-42-39-36-32-29-26-23-20-17-14-11-8-5-2/h7-12,16-21,25-29,31,33-34,36,38-39,41,45,48,60H,4-6,13-15,22-24,30,32,35,37,40,42-44,46-47,49-59H2,1-3H3/b10-7+,11-8+,12-9+,19-16+,20-17+,21-18+,28-25+,29-26+,33-31+,34-27+,39-36+,41-38+,48-45+/t60-/m1/s1. The number of hydrogen-bond donors (Lipinski definition) is 0. The van der Waals surface area contributed by atoms with Crippen LogP contribution in [0.5, 0.6) is 0 Å². The van der Waals surface area contributed by atoms with Crippen LogP contribution < -0.4 is 0 Å². The molecule has 0 saturated carbocycles. The first kappa shape index (κ1) is 64.0. The molecule has 0 amide bonds. The zero-order valence-electron chi connectivity index (χ0n) is 43.8. The molecule has 0 aromatic rings. The molecule has 384 valence electrons. The lowest BCUT2D eigenvalue weighted by atomic mass is 10.1. The summed E-state index contributed by atoms with van der Waals surface area (Å²) in [6.07, 6.45) is 80.9. The molecule has 0 N–H and O–H groups in total. The highest BCUT2D eigenvalue weighted by Crippen LogP contribution is 2.11. The predicted molar refractivity (Wildman–Crippen MR) is 297 cm³/mol. The summed E-state index contributed by atoms with van der Waals surface area (Å²) in [5.74, 6) is -1.05. The van der Waals surface area contributed by atoms with Crippen molar-refractivity contribution < 1.29 is 28.6 Å². The molecule has 0 bridgehead atoms. The van der Waals surface area contributed by atoms with Gasteiger partial charge in [-0.15, -0.1) is 0 Å². The van der Waals surface area contributed by atoms with Crippen LogP contribution in [-0.4, -0.2) is 37.2 Å². The van der Waals surface area contributed by atoms with E-state index in [-0.39, 0.29) is 37.5 Å². The third-order valence-electron chi connectivity index (χ3n) is 10.5. The second-order valence-electron chi connectivity index (χ2n) is 17.0. The molecule has 0 saturated heterocycles. The van der Waals surface area contributed by atoms with E-state index < -0.39 is 6.10 Å². The molecule has 69 heavy (non-hydrogen) atoms. The number of ether oxygens (including phenoxy) is 3. The fourth-order valence-corrected chi connectivity index (χ4v) is 6.58. The Balaban J connectivity index is 4.60. The number of unbranched alkanes of at least 4 members (excludes halogenated alkanes) is 9. The van der Waals surface area contributed by atoms with Gasteiger partial charge in [0.15, 0.2) is 6.10 Å². The van der Waals surface area contributed by atoms with Crippen molar-refractivity contribution in [2.75, 3.05) is 13.2 Å². The van der Waals surface area contributed by atoms with Crippen LogP contribution in [0.4, 0.5) is 0 Å². The highest BCUT2D eigenvalue weighted by atomic mass is 16.6. The second-order valence-corrected chi connectivity index (χ2v) is 17.0.